The average Bonchev–Trinajstić information content (AvgIpc) is 3.46. The molecule has 0 unspecified atom stereocenters. The van der Waals surface area contributed by atoms with E-state index in [-0.39, 0.29) is 17.7 Å². The van der Waals surface area contributed by atoms with E-state index >= 15 is 0 Å². The standard InChI is InChI=1S/C20H28N2O3/c1-3-12-21-13-16(8-11-19(21)23)20(24)22(17-9-10-17)14-15-6-4-5-7-18(15)25-2/h4-7,16-17H,3,8-14H2,1-2H3/t16-/m0/s1. The number of benzene rings is 1. The Kier molecular flexibility index (Phi) is 5.61. The van der Waals surface area contributed by atoms with E-state index in [1.165, 1.54) is 0 Å². The molecule has 3 rings (SSSR count). The van der Waals surface area contributed by atoms with Crippen LogP contribution in [-0.4, -0.2) is 47.9 Å². The zero-order valence-corrected chi connectivity index (χ0v) is 15.2. The van der Waals surface area contributed by atoms with Crippen LogP contribution < -0.4 is 4.74 Å². The highest BCUT2D eigenvalue weighted by molar-refractivity contribution is 5.84. The minimum atomic E-state index is -0.0699. The maximum absolute atomic E-state index is 13.2. The third-order valence-electron chi connectivity index (χ3n) is 5.15. The molecule has 0 N–H and O–H groups in total. The Morgan fingerprint density at radius 3 is 2.72 bits per heavy atom. The van der Waals surface area contributed by atoms with Crippen LogP contribution in [0, 0.1) is 5.92 Å². The molecule has 1 aromatic carbocycles. The third kappa shape index (κ3) is 4.14. The van der Waals surface area contributed by atoms with Gasteiger partial charge in [0.15, 0.2) is 0 Å². The highest BCUT2D eigenvalue weighted by atomic mass is 16.5. The van der Waals surface area contributed by atoms with Crippen LogP contribution in [0.2, 0.25) is 0 Å². The number of carbonyl (C=O) groups is 2. The van der Waals surface area contributed by atoms with E-state index < -0.39 is 0 Å². The van der Waals surface area contributed by atoms with Gasteiger partial charge in [0.05, 0.1) is 13.0 Å². The normalized spacial score (nSPS) is 20.5. The molecule has 1 aliphatic heterocycles. The third-order valence-corrected chi connectivity index (χ3v) is 5.15. The van der Waals surface area contributed by atoms with Gasteiger partial charge in [-0.2, -0.15) is 0 Å². The van der Waals surface area contributed by atoms with Crippen molar-refractivity contribution >= 4 is 11.8 Å². The predicted octanol–water partition coefficient (Wildman–Crippen LogP) is 2.83. The summed E-state index contributed by atoms with van der Waals surface area (Å²) in [7, 11) is 1.66. The molecule has 136 valence electrons. The lowest BCUT2D eigenvalue weighted by atomic mass is 9.95. The van der Waals surface area contributed by atoms with Gasteiger partial charge >= 0.3 is 0 Å². The van der Waals surface area contributed by atoms with Gasteiger partial charge in [-0.05, 0) is 31.7 Å². The van der Waals surface area contributed by atoms with Crippen LogP contribution in [0.15, 0.2) is 24.3 Å². The van der Waals surface area contributed by atoms with Gasteiger partial charge in [-0.15, -0.1) is 0 Å². The van der Waals surface area contributed by atoms with Crippen molar-refractivity contribution < 1.29 is 14.3 Å². The Morgan fingerprint density at radius 2 is 2.04 bits per heavy atom. The smallest absolute Gasteiger partial charge is 0.228 e. The second kappa shape index (κ2) is 7.89. The summed E-state index contributed by atoms with van der Waals surface area (Å²) in [6.07, 6.45) is 4.24. The Hall–Kier alpha value is -2.04. The van der Waals surface area contributed by atoms with Crippen LogP contribution in [0.25, 0.3) is 0 Å². The quantitative estimate of drug-likeness (QED) is 0.764. The minimum Gasteiger partial charge on any atom is -0.496 e. The molecule has 0 radical (unpaired) electrons. The molecule has 0 bridgehead atoms. The van der Waals surface area contributed by atoms with Crippen molar-refractivity contribution in [1.29, 1.82) is 0 Å². The second-order valence-electron chi connectivity index (χ2n) is 7.08. The molecular weight excluding hydrogens is 316 g/mol. The molecule has 5 heteroatoms. The van der Waals surface area contributed by atoms with E-state index in [9.17, 15) is 9.59 Å². The van der Waals surface area contributed by atoms with Gasteiger partial charge in [0.2, 0.25) is 11.8 Å². The molecule has 1 saturated heterocycles. The number of hydrogen-bond donors (Lipinski definition) is 0. The lowest BCUT2D eigenvalue weighted by molar-refractivity contribution is -0.143. The first-order valence-corrected chi connectivity index (χ1v) is 9.34. The van der Waals surface area contributed by atoms with E-state index in [0.717, 1.165) is 37.1 Å². The Bertz CT molecular complexity index is 627. The maximum Gasteiger partial charge on any atom is 0.228 e. The number of amides is 2. The molecule has 1 heterocycles. The average molecular weight is 344 g/mol. The van der Waals surface area contributed by atoms with Gasteiger partial charge in [-0.25, -0.2) is 0 Å². The number of ether oxygens (including phenoxy) is 1. The van der Waals surface area contributed by atoms with E-state index in [4.69, 9.17) is 4.74 Å². The van der Waals surface area contributed by atoms with Gasteiger partial charge < -0.3 is 14.5 Å². The molecule has 5 nitrogen and oxygen atoms in total. The first-order chi connectivity index (χ1) is 12.1. The second-order valence-corrected chi connectivity index (χ2v) is 7.08. The lowest BCUT2D eigenvalue weighted by Crippen LogP contribution is -2.47. The molecule has 2 amide bonds. The Labute approximate surface area is 149 Å². The van der Waals surface area contributed by atoms with Crippen LogP contribution in [0.4, 0.5) is 0 Å². The molecule has 1 aromatic rings. The SMILES string of the molecule is CCCN1C[C@@H](C(=O)N(Cc2ccccc2OC)C2CC2)CCC1=O. The van der Waals surface area contributed by atoms with Crippen molar-refractivity contribution in [1.82, 2.24) is 9.80 Å². The molecule has 1 aliphatic carbocycles. The highest BCUT2D eigenvalue weighted by Gasteiger charge is 2.38. The minimum absolute atomic E-state index is 0.0699. The zero-order chi connectivity index (χ0) is 17.8. The lowest BCUT2D eigenvalue weighted by Gasteiger charge is -2.35. The summed E-state index contributed by atoms with van der Waals surface area (Å²) in [5.74, 6) is 1.14. The highest BCUT2D eigenvalue weighted by Crippen LogP contribution is 2.33. The summed E-state index contributed by atoms with van der Waals surface area (Å²) in [4.78, 5) is 29.1. The van der Waals surface area contributed by atoms with Crippen LogP contribution >= 0.6 is 0 Å². The summed E-state index contributed by atoms with van der Waals surface area (Å²) in [5, 5.41) is 0. The topological polar surface area (TPSA) is 49.9 Å². The van der Waals surface area contributed by atoms with Gasteiger partial charge in [0.25, 0.3) is 0 Å². The maximum atomic E-state index is 13.2. The molecule has 25 heavy (non-hydrogen) atoms. The van der Waals surface area contributed by atoms with Crippen LogP contribution in [0.3, 0.4) is 0 Å². The summed E-state index contributed by atoms with van der Waals surface area (Å²) < 4.78 is 5.44. The molecule has 0 spiro atoms. The Morgan fingerprint density at radius 1 is 1.28 bits per heavy atom. The van der Waals surface area contributed by atoms with Gasteiger partial charge in [0, 0.05) is 37.7 Å². The van der Waals surface area contributed by atoms with Crippen LogP contribution in [0.5, 0.6) is 5.75 Å². The van der Waals surface area contributed by atoms with Crippen molar-refractivity contribution in [3.8, 4) is 5.75 Å². The fourth-order valence-corrected chi connectivity index (χ4v) is 3.63. The largest absolute Gasteiger partial charge is 0.496 e. The predicted molar refractivity (Wildman–Crippen MR) is 96.2 cm³/mol. The first kappa shape index (κ1) is 17.8. The van der Waals surface area contributed by atoms with E-state index in [1.54, 1.807) is 7.11 Å². The fourth-order valence-electron chi connectivity index (χ4n) is 3.63. The van der Waals surface area contributed by atoms with Crippen LogP contribution in [0.1, 0.15) is 44.6 Å². The van der Waals surface area contributed by atoms with Crippen molar-refractivity contribution in [2.24, 2.45) is 5.92 Å². The van der Waals surface area contributed by atoms with Gasteiger partial charge in [0.1, 0.15) is 5.75 Å². The number of methoxy groups -OCH3 is 1. The molecule has 2 aliphatic rings. The molecule has 1 atom stereocenters. The first-order valence-electron chi connectivity index (χ1n) is 9.34. The number of piperidine rings is 1. The monoisotopic (exact) mass is 344 g/mol. The van der Waals surface area contributed by atoms with Gasteiger partial charge in [-0.3, -0.25) is 9.59 Å². The number of rotatable bonds is 7. The van der Waals surface area contributed by atoms with Crippen LogP contribution in [-0.2, 0) is 16.1 Å². The Balaban J connectivity index is 1.72. The molecule has 1 saturated carbocycles. The number of para-hydroxylation sites is 1. The van der Waals surface area contributed by atoms with Crippen molar-refractivity contribution in [3.63, 3.8) is 0 Å². The summed E-state index contributed by atoms with van der Waals surface area (Å²) in [5.41, 5.74) is 1.04. The number of hydrogen-bond acceptors (Lipinski definition) is 3. The summed E-state index contributed by atoms with van der Waals surface area (Å²) in [6.45, 7) is 3.97. The summed E-state index contributed by atoms with van der Waals surface area (Å²) >= 11 is 0. The molecule has 2 fully saturated rings. The zero-order valence-electron chi connectivity index (χ0n) is 15.2. The number of nitrogens with zero attached hydrogens (tertiary/aromatic N) is 2. The number of carbonyl (C=O) groups excluding carboxylic acids is 2. The van der Waals surface area contributed by atoms with Gasteiger partial charge in [-0.1, -0.05) is 25.1 Å². The van der Waals surface area contributed by atoms with Crippen molar-refractivity contribution in [3.05, 3.63) is 29.8 Å². The van der Waals surface area contributed by atoms with Crippen molar-refractivity contribution in [2.75, 3.05) is 20.2 Å². The molecular formula is C20H28N2O3. The molecule has 0 aromatic heterocycles. The van der Waals surface area contributed by atoms with Crippen molar-refractivity contribution in [2.45, 2.75) is 51.6 Å². The van der Waals surface area contributed by atoms with E-state index in [0.29, 0.717) is 32.0 Å². The number of likely N-dealkylation sites (tertiary alicyclic amines) is 1. The van der Waals surface area contributed by atoms with E-state index in [1.807, 2.05) is 34.1 Å². The summed E-state index contributed by atoms with van der Waals surface area (Å²) in [6, 6.07) is 8.23. The fraction of sp³-hybridized carbons (Fsp3) is 0.600. The van der Waals surface area contributed by atoms with E-state index in [2.05, 4.69) is 6.92 Å².